The van der Waals surface area contributed by atoms with Gasteiger partial charge in [0.1, 0.15) is 11.4 Å². The highest BCUT2D eigenvalue weighted by Gasteiger charge is 2.38. The van der Waals surface area contributed by atoms with Gasteiger partial charge >= 0.3 is 12.1 Å². The summed E-state index contributed by atoms with van der Waals surface area (Å²) in [6.45, 7) is -0.103. The molecule has 0 radical (unpaired) electrons. The maximum absolute atomic E-state index is 12.1. The maximum atomic E-state index is 12.1. The fraction of sp³-hybridized carbons (Fsp3) is 0.385. The lowest BCUT2D eigenvalue weighted by Gasteiger charge is -2.07. The first-order valence-corrected chi connectivity index (χ1v) is 6.16. The lowest BCUT2D eigenvalue weighted by molar-refractivity contribution is -0.173. The maximum Gasteiger partial charge on any atom is 0.471 e. The number of hydrogen-bond acceptors (Lipinski definition) is 3. The molecule has 0 unspecified atom stereocenters. The van der Waals surface area contributed by atoms with Crippen LogP contribution >= 0.6 is 0 Å². The average Bonchev–Trinajstić information content (AvgIpc) is 2.74. The zero-order valence-corrected chi connectivity index (χ0v) is 11.5. The summed E-state index contributed by atoms with van der Waals surface area (Å²) in [6, 6.07) is 1.77. The fourth-order valence-electron chi connectivity index (χ4n) is 2.04. The van der Waals surface area contributed by atoms with Crippen molar-refractivity contribution in [2.45, 2.75) is 12.6 Å². The number of alkyl halides is 3. The van der Waals surface area contributed by atoms with Crippen LogP contribution in [0.1, 0.15) is 5.56 Å². The Morgan fingerprint density at radius 3 is 2.81 bits per heavy atom. The molecule has 0 atom stereocenters. The topological polar surface area (TPSA) is 56.1 Å². The Labute approximate surface area is 118 Å². The van der Waals surface area contributed by atoms with Crippen LogP contribution in [0.2, 0.25) is 0 Å². The number of hydrogen-bond donors (Lipinski definition) is 1. The molecule has 2 rings (SSSR count). The number of nitrogens with zero attached hydrogens (tertiary/aromatic N) is 2. The van der Waals surface area contributed by atoms with Crippen molar-refractivity contribution in [3.05, 3.63) is 24.0 Å². The molecular weight excluding hydrogens is 287 g/mol. The van der Waals surface area contributed by atoms with Crippen molar-refractivity contribution in [1.82, 2.24) is 14.9 Å². The summed E-state index contributed by atoms with van der Waals surface area (Å²) in [4.78, 5) is 15.0. The van der Waals surface area contributed by atoms with Gasteiger partial charge < -0.3 is 14.6 Å². The Morgan fingerprint density at radius 1 is 1.48 bits per heavy atom. The van der Waals surface area contributed by atoms with Crippen molar-refractivity contribution < 1.29 is 22.7 Å². The molecule has 5 nitrogen and oxygen atoms in total. The van der Waals surface area contributed by atoms with Gasteiger partial charge in [-0.05, 0) is 18.1 Å². The molecule has 114 valence electrons. The number of nitrogens with one attached hydrogen (secondary N) is 1. The van der Waals surface area contributed by atoms with Crippen LogP contribution in [0.3, 0.4) is 0 Å². The van der Waals surface area contributed by atoms with Crippen molar-refractivity contribution >= 4 is 16.9 Å². The monoisotopic (exact) mass is 301 g/mol. The Balaban J connectivity index is 2.13. The average molecular weight is 301 g/mol. The molecule has 0 aliphatic heterocycles. The number of carbonyl (C=O) groups is 1. The van der Waals surface area contributed by atoms with Crippen LogP contribution < -0.4 is 10.1 Å². The Morgan fingerprint density at radius 2 is 2.19 bits per heavy atom. The van der Waals surface area contributed by atoms with E-state index in [1.54, 1.807) is 30.1 Å². The highest BCUT2D eigenvalue weighted by atomic mass is 19.4. The first kappa shape index (κ1) is 15.1. The number of halogens is 3. The molecule has 21 heavy (non-hydrogen) atoms. The molecule has 0 bridgehead atoms. The smallest absolute Gasteiger partial charge is 0.471 e. The van der Waals surface area contributed by atoms with Crippen LogP contribution in [-0.2, 0) is 18.3 Å². The van der Waals surface area contributed by atoms with Crippen molar-refractivity contribution in [3.8, 4) is 5.75 Å². The quantitative estimate of drug-likeness (QED) is 0.937. The third-order valence-corrected chi connectivity index (χ3v) is 3.04. The predicted molar refractivity (Wildman–Crippen MR) is 70.0 cm³/mol. The second kappa shape index (κ2) is 5.63. The number of fused-ring (bicyclic) bond motifs is 1. The SMILES string of the molecule is COc1cnc2c(c1)c(CCNC(=O)C(F)(F)F)cn2C. The summed E-state index contributed by atoms with van der Waals surface area (Å²) >= 11 is 0. The van der Waals surface area contributed by atoms with E-state index in [2.05, 4.69) is 4.98 Å². The van der Waals surface area contributed by atoms with E-state index in [0.717, 1.165) is 10.9 Å². The third-order valence-electron chi connectivity index (χ3n) is 3.04. The van der Waals surface area contributed by atoms with E-state index in [0.29, 0.717) is 11.4 Å². The molecule has 0 aliphatic rings. The van der Waals surface area contributed by atoms with Gasteiger partial charge in [0.05, 0.1) is 13.3 Å². The number of rotatable bonds is 4. The van der Waals surface area contributed by atoms with Crippen molar-refractivity contribution in [3.63, 3.8) is 0 Å². The minimum absolute atomic E-state index is 0.103. The Kier molecular flexibility index (Phi) is 4.06. The molecule has 0 aliphatic carbocycles. The van der Waals surface area contributed by atoms with Crippen LogP contribution in [0, 0.1) is 0 Å². The molecule has 0 saturated carbocycles. The molecule has 2 aromatic rings. The number of carbonyl (C=O) groups excluding carboxylic acids is 1. The van der Waals surface area contributed by atoms with Gasteiger partial charge in [-0.15, -0.1) is 0 Å². The number of ether oxygens (including phenoxy) is 1. The zero-order chi connectivity index (χ0) is 15.6. The first-order valence-electron chi connectivity index (χ1n) is 6.16. The van der Waals surface area contributed by atoms with Gasteiger partial charge in [-0.2, -0.15) is 13.2 Å². The first-order chi connectivity index (χ1) is 9.82. The summed E-state index contributed by atoms with van der Waals surface area (Å²) in [5, 5.41) is 2.64. The van der Waals surface area contributed by atoms with Gasteiger partial charge in [-0.1, -0.05) is 0 Å². The van der Waals surface area contributed by atoms with Gasteiger partial charge in [-0.3, -0.25) is 4.79 Å². The highest BCUT2D eigenvalue weighted by Crippen LogP contribution is 2.23. The van der Waals surface area contributed by atoms with E-state index in [4.69, 9.17) is 4.74 Å². The minimum Gasteiger partial charge on any atom is -0.495 e. The number of methoxy groups -OCH3 is 1. The predicted octanol–water partition coefficient (Wildman–Crippen LogP) is 1.80. The van der Waals surface area contributed by atoms with Crippen molar-refractivity contribution in [2.75, 3.05) is 13.7 Å². The number of amides is 1. The van der Waals surface area contributed by atoms with Gasteiger partial charge in [0.2, 0.25) is 0 Å². The van der Waals surface area contributed by atoms with Gasteiger partial charge in [0.15, 0.2) is 0 Å². The molecule has 8 heteroatoms. The molecule has 0 aromatic carbocycles. The molecule has 1 N–H and O–H groups in total. The van der Waals surface area contributed by atoms with Crippen LogP contribution in [0.15, 0.2) is 18.5 Å². The van der Waals surface area contributed by atoms with Gasteiger partial charge in [0, 0.05) is 25.2 Å². The summed E-state index contributed by atoms with van der Waals surface area (Å²) in [5.41, 5.74) is 1.49. The van der Waals surface area contributed by atoms with E-state index < -0.39 is 12.1 Å². The van der Waals surface area contributed by atoms with E-state index in [-0.39, 0.29) is 13.0 Å². The molecule has 1 amide bonds. The van der Waals surface area contributed by atoms with E-state index >= 15 is 0 Å². The van der Waals surface area contributed by atoms with E-state index in [1.807, 2.05) is 5.32 Å². The Hall–Kier alpha value is -2.25. The largest absolute Gasteiger partial charge is 0.495 e. The molecule has 0 fully saturated rings. The lowest BCUT2D eigenvalue weighted by atomic mass is 10.1. The molecule has 2 aromatic heterocycles. The molecule has 2 heterocycles. The molecular formula is C13H14F3N3O2. The van der Waals surface area contributed by atoms with Gasteiger partial charge in [-0.25, -0.2) is 4.98 Å². The van der Waals surface area contributed by atoms with Crippen LogP contribution in [0.4, 0.5) is 13.2 Å². The zero-order valence-electron chi connectivity index (χ0n) is 11.5. The number of aryl methyl sites for hydroxylation is 1. The van der Waals surface area contributed by atoms with E-state index in [1.165, 1.54) is 7.11 Å². The van der Waals surface area contributed by atoms with E-state index in [9.17, 15) is 18.0 Å². The second-order valence-electron chi connectivity index (χ2n) is 4.52. The standard InChI is InChI=1S/C13H14F3N3O2/c1-19-7-8(3-4-17-12(20)13(14,15)16)10-5-9(21-2)6-18-11(10)19/h5-7H,3-4H2,1-2H3,(H,17,20). The fourth-order valence-corrected chi connectivity index (χ4v) is 2.04. The van der Waals surface area contributed by atoms with Crippen LogP contribution in [-0.4, -0.2) is 35.3 Å². The van der Waals surface area contributed by atoms with Crippen molar-refractivity contribution in [2.24, 2.45) is 7.05 Å². The summed E-state index contributed by atoms with van der Waals surface area (Å²) < 4.78 is 43.1. The van der Waals surface area contributed by atoms with Crippen LogP contribution in [0.5, 0.6) is 5.75 Å². The van der Waals surface area contributed by atoms with Crippen molar-refractivity contribution in [1.29, 1.82) is 0 Å². The number of aromatic nitrogens is 2. The summed E-state index contributed by atoms with van der Waals surface area (Å²) in [6.07, 6.45) is -1.24. The number of pyridine rings is 1. The highest BCUT2D eigenvalue weighted by molar-refractivity contribution is 5.83. The van der Waals surface area contributed by atoms with Gasteiger partial charge in [0.25, 0.3) is 0 Å². The summed E-state index contributed by atoms with van der Waals surface area (Å²) in [5.74, 6) is -1.37. The minimum atomic E-state index is -4.86. The lowest BCUT2D eigenvalue weighted by Crippen LogP contribution is -2.37. The molecule has 0 saturated heterocycles. The second-order valence-corrected chi connectivity index (χ2v) is 4.52. The summed E-state index contributed by atoms with van der Waals surface area (Å²) in [7, 11) is 3.30. The van der Waals surface area contributed by atoms with Crippen LogP contribution in [0.25, 0.3) is 11.0 Å². The Bertz CT molecular complexity index is 664. The normalized spacial score (nSPS) is 11.7. The third kappa shape index (κ3) is 3.26. The molecule has 0 spiro atoms.